The van der Waals surface area contributed by atoms with Crippen molar-refractivity contribution in [3.05, 3.63) is 59.1 Å². The van der Waals surface area contributed by atoms with Gasteiger partial charge in [0.15, 0.2) is 0 Å². The number of aldehydes is 1. The van der Waals surface area contributed by atoms with Crippen LogP contribution in [0.4, 0.5) is 0 Å². The van der Waals surface area contributed by atoms with Gasteiger partial charge in [0.2, 0.25) is 0 Å². The Hall–Kier alpha value is -2.20. The van der Waals surface area contributed by atoms with E-state index in [0.29, 0.717) is 12.2 Å². The fourth-order valence-corrected chi connectivity index (χ4v) is 2.65. The number of carbonyl (C=O) groups excluding carboxylic acids is 1. The van der Waals surface area contributed by atoms with Crippen LogP contribution < -0.4 is 4.74 Å². The first kappa shape index (κ1) is 11.9. The van der Waals surface area contributed by atoms with E-state index in [-0.39, 0.29) is 0 Å². The summed E-state index contributed by atoms with van der Waals surface area (Å²) in [5.41, 5.74) is 1.65. The molecule has 1 heterocycles. The number of thiazole rings is 1. The van der Waals surface area contributed by atoms with Gasteiger partial charge in [-0.2, -0.15) is 0 Å². The molecule has 0 radical (unpaired) electrons. The molecule has 0 N–H and O–H groups in total. The first-order valence-electron chi connectivity index (χ1n) is 5.87. The van der Waals surface area contributed by atoms with Gasteiger partial charge in [-0.3, -0.25) is 4.79 Å². The van der Waals surface area contributed by atoms with Crippen LogP contribution in [0, 0.1) is 0 Å². The molecule has 0 saturated carbocycles. The van der Waals surface area contributed by atoms with Gasteiger partial charge in [0.05, 0.1) is 10.2 Å². The standard InChI is InChI=1S/C15H11NO2S/c17-9-11-5-7-12(8-6-11)18-10-15-16-13-3-1-2-4-14(13)19-15/h1-9H,10H2. The minimum atomic E-state index is 0.444. The topological polar surface area (TPSA) is 39.2 Å². The van der Waals surface area contributed by atoms with Crippen molar-refractivity contribution in [3.8, 4) is 5.75 Å². The molecule has 0 aliphatic carbocycles. The van der Waals surface area contributed by atoms with E-state index < -0.39 is 0 Å². The Morgan fingerprint density at radius 3 is 2.63 bits per heavy atom. The van der Waals surface area contributed by atoms with E-state index in [9.17, 15) is 4.79 Å². The maximum Gasteiger partial charge on any atom is 0.150 e. The molecule has 2 aromatic carbocycles. The molecule has 0 spiro atoms. The van der Waals surface area contributed by atoms with Crippen LogP contribution in [0.25, 0.3) is 10.2 Å². The molecule has 0 aliphatic rings. The third-order valence-corrected chi connectivity index (χ3v) is 3.73. The van der Waals surface area contributed by atoms with Crippen molar-refractivity contribution in [2.24, 2.45) is 0 Å². The van der Waals surface area contributed by atoms with Gasteiger partial charge in [-0.25, -0.2) is 4.98 Å². The number of fused-ring (bicyclic) bond motifs is 1. The highest BCUT2D eigenvalue weighted by molar-refractivity contribution is 7.18. The third kappa shape index (κ3) is 2.63. The summed E-state index contributed by atoms with van der Waals surface area (Å²) < 4.78 is 6.82. The Morgan fingerprint density at radius 2 is 1.89 bits per heavy atom. The average Bonchev–Trinajstić information content (AvgIpc) is 2.88. The van der Waals surface area contributed by atoms with Crippen molar-refractivity contribution in [1.82, 2.24) is 4.98 Å². The Kier molecular flexibility index (Phi) is 3.25. The normalized spacial score (nSPS) is 10.5. The predicted octanol–water partition coefficient (Wildman–Crippen LogP) is 3.69. The minimum Gasteiger partial charge on any atom is -0.486 e. The lowest BCUT2D eigenvalue weighted by Crippen LogP contribution is -1.94. The molecule has 0 saturated heterocycles. The molecule has 4 heteroatoms. The zero-order chi connectivity index (χ0) is 13.1. The van der Waals surface area contributed by atoms with Gasteiger partial charge in [-0.1, -0.05) is 12.1 Å². The molecule has 3 aromatic rings. The lowest BCUT2D eigenvalue weighted by Gasteiger charge is -2.03. The van der Waals surface area contributed by atoms with E-state index in [1.54, 1.807) is 35.6 Å². The Morgan fingerprint density at radius 1 is 1.11 bits per heavy atom. The summed E-state index contributed by atoms with van der Waals surface area (Å²) in [4.78, 5) is 15.0. The van der Waals surface area contributed by atoms with Crippen LogP contribution in [0.15, 0.2) is 48.5 Å². The highest BCUT2D eigenvalue weighted by Gasteiger charge is 2.03. The fraction of sp³-hybridized carbons (Fsp3) is 0.0667. The summed E-state index contributed by atoms with van der Waals surface area (Å²) in [6, 6.07) is 15.1. The van der Waals surface area contributed by atoms with Crippen molar-refractivity contribution in [1.29, 1.82) is 0 Å². The van der Waals surface area contributed by atoms with Crippen LogP contribution >= 0.6 is 11.3 Å². The van der Waals surface area contributed by atoms with E-state index >= 15 is 0 Å². The average molecular weight is 269 g/mol. The van der Waals surface area contributed by atoms with Gasteiger partial charge in [-0.15, -0.1) is 11.3 Å². The summed E-state index contributed by atoms with van der Waals surface area (Å²) in [5, 5.41) is 0.945. The van der Waals surface area contributed by atoms with E-state index in [1.165, 1.54) is 0 Å². The monoisotopic (exact) mass is 269 g/mol. The number of carbonyl (C=O) groups is 1. The number of hydrogen-bond acceptors (Lipinski definition) is 4. The van der Waals surface area contributed by atoms with Crippen LogP contribution in [-0.2, 0) is 6.61 Å². The Bertz CT molecular complexity index is 670. The molecule has 0 unspecified atom stereocenters. The molecule has 0 fully saturated rings. The number of aromatic nitrogens is 1. The van der Waals surface area contributed by atoms with Gasteiger partial charge >= 0.3 is 0 Å². The maximum absolute atomic E-state index is 10.5. The van der Waals surface area contributed by atoms with Crippen LogP contribution in [0.2, 0.25) is 0 Å². The molecule has 3 rings (SSSR count). The van der Waals surface area contributed by atoms with Gasteiger partial charge < -0.3 is 4.74 Å². The van der Waals surface area contributed by atoms with Crippen molar-refractivity contribution in [2.75, 3.05) is 0 Å². The second-order valence-electron chi connectivity index (χ2n) is 4.05. The number of para-hydroxylation sites is 1. The lowest BCUT2D eigenvalue weighted by molar-refractivity contribution is 0.112. The van der Waals surface area contributed by atoms with Gasteiger partial charge in [0.1, 0.15) is 23.7 Å². The zero-order valence-electron chi connectivity index (χ0n) is 10.1. The lowest BCUT2D eigenvalue weighted by atomic mass is 10.2. The van der Waals surface area contributed by atoms with Crippen LogP contribution in [-0.4, -0.2) is 11.3 Å². The number of hydrogen-bond donors (Lipinski definition) is 0. The van der Waals surface area contributed by atoms with Crippen molar-refractivity contribution in [3.63, 3.8) is 0 Å². The first-order valence-corrected chi connectivity index (χ1v) is 6.69. The SMILES string of the molecule is O=Cc1ccc(OCc2nc3ccccc3s2)cc1. The molecular formula is C15H11NO2S. The molecular weight excluding hydrogens is 258 g/mol. The molecule has 0 atom stereocenters. The summed E-state index contributed by atoms with van der Waals surface area (Å²) in [7, 11) is 0. The quantitative estimate of drug-likeness (QED) is 0.678. The minimum absolute atomic E-state index is 0.444. The summed E-state index contributed by atoms with van der Waals surface area (Å²) in [5.74, 6) is 0.741. The number of benzene rings is 2. The zero-order valence-corrected chi connectivity index (χ0v) is 10.9. The second-order valence-corrected chi connectivity index (χ2v) is 5.17. The van der Waals surface area contributed by atoms with E-state index in [0.717, 1.165) is 27.3 Å². The van der Waals surface area contributed by atoms with Gasteiger partial charge in [0, 0.05) is 5.56 Å². The highest BCUT2D eigenvalue weighted by atomic mass is 32.1. The molecule has 0 amide bonds. The van der Waals surface area contributed by atoms with Crippen LogP contribution in [0.1, 0.15) is 15.4 Å². The molecule has 1 aromatic heterocycles. The van der Waals surface area contributed by atoms with Crippen LogP contribution in [0.3, 0.4) is 0 Å². The van der Waals surface area contributed by atoms with E-state index in [1.807, 2.05) is 18.2 Å². The molecule has 94 valence electrons. The summed E-state index contributed by atoms with van der Waals surface area (Å²) >= 11 is 1.63. The maximum atomic E-state index is 10.5. The first-order chi connectivity index (χ1) is 9.35. The molecule has 19 heavy (non-hydrogen) atoms. The molecule has 0 aliphatic heterocycles. The molecule has 3 nitrogen and oxygen atoms in total. The highest BCUT2D eigenvalue weighted by Crippen LogP contribution is 2.22. The van der Waals surface area contributed by atoms with Crippen LogP contribution in [0.5, 0.6) is 5.75 Å². The predicted molar refractivity (Wildman–Crippen MR) is 75.8 cm³/mol. The number of ether oxygens (including phenoxy) is 1. The second kappa shape index (κ2) is 5.20. The smallest absolute Gasteiger partial charge is 0.150 e. The van der Waals surface area contributed by atoms with E-state index in [2.05, 4.69) is 11.1 Å². The van der Waals surface area contributed by atoms with Gasteiger partial charge in [0.25, 0.3) is 0 Å². The number of rotatable bonds is 4. The third-order valence-electron chi connectivity index (χ3n) is 2.72. The Labute approximate surface area is 114 Å². The summed E-state index contributed by atoms with van der Waals surface area (Å²) in [6.45, 7) is 0.444. The summed E-state index contributed by atoms with van der Waals surface area (Å²) in [6.07, 6.45) is 0.817. The van der Waals surface area contributed by atoms with Gasteiger partial charge in [-0.05, 0) is 36.4 Å². The molecule has 0 bridgehead atoms. The fourth-order valence-electron chi connectivity index (χ4n) is 1.77. The number of nitrogens with zero attached hydrogens (tertiary/aromatic N) is 1. The van der Waals surface area contributed by atoms with Crippen molar-refractivity contribution >= 4 is 27.8 Å². The Balaban J connectivity index is 1.72. The van der Waals surface area contributed by atoms with Crippen molar-refractivity contribution in [2.45, 2.75) is 6.61 Å². The van der Waals surface area contributed by atoms with Crippen molar-refractivity contribution < 1.29 is 9.53 Å². The van der Waals surface area contributed by atoms with E-state index in [4.69, 9.17) is 4.74 Å². The largest absolute Gasteiger partial charge is 0.486 e.